The molecular weight excluding hydrogens is 227 g/mol. The number of hydrogen-bond acceptors (Lipinski definition) is 1. The molecule has 0 saturated carbocycles. The van der Waals surface area contributed by atoms with Gasteiger partial charge in [-0.05, 0) is 36.1 Å². The highest BCUT2D eigenvalue weighted by atomic mass is 19.4. The van der Waals surface area contributed by atoms with Gasteiger partial charge < -0.3 is 5.32 Å². The van der Waals surface area contributed by atoms with Gasteiger partial charge in [0.1, 0.15) is 0 Å². The van der Waals surface area contributed by atoms with E-state index in [1.54, 1.807) is 0 Å². The molecule has 0 saturated heterocycles. The Kier molecular flexibility index (Phi) is 3.43. The molecular formula is C13H16F3N. The van der Waals surface area contributed by atoms with Gasteiger partial charge >= 0.3 is 6.18 Å². The van der Waals surface area contributed by atoms with E-state index in [-0.39, 0.29) is 0 Å². The van der Waals surface area contributed by atoms with Crippen molar-refractivity contribution in [2.75, 3.05) is 6.54 Å². The zero-order valence-electron chi connectivity index (χ0n) is 9.77. The third-order valence-electron chi connectivity index (χ3n) is 3.40. The Morgan fingerprint density at radius 1 is 1.35 bits per heavy atom. The van der Waals surface area contributed by atoms with Crippen molar-refractivity contribution in [2.45, 2.75) is 32.5 Å². The SMILES string of the molecule is CC[C@@H]1CNCc2c(cccc2C(F)(F)F)C1. The molecule has 0 unspecified atom stereocenters. The number of fused-ring (bicyclic) bond motifs is 1. The van der Waals surface area contributed by atoms with E-state index in [1.165, 1.54) is 12.1 Å². The van der Waals surface area contributed by atoms with E-state index in [0.717, 1.165) is 24.9 Å². The van der Waals surface area contributed by atoms with Crippen LogP contribution in [0.25, 0.3) is 0 Å². The Morgan fingerprint density at radius 2 is 2.12 bits per heavy atom. The molecule has 2 rings (SSSR count). The van der Waals surface area contributed by atoms with Gasteiger partial charge in [-0.3, -0.25) is 0 Å². The number of hydrogen-bond donors (Lipinski definition) is 1. The number of alkyl halides is 3. The zero-order valence-corrected chi connectivity index (χ0v) is 9.77. The van der Waals surface area contributed by atoms with Crippen LogP contribution in [0.5, 0.6) is 0 Å². The summed E-state index contributed by atoms with van der Waals surface area (Å²) in [6.07, 6.45) is -2.52. The Morgan fingerprint density at radius 3 is 2.76 bits per heavy atom. The van der Waals surface area contributed by atoms with Gasteiger partial charge in [-0.2, -0.15) is 13.2 Å². The summed E-state index contributed by atoms with van der Waals surface area (Å²) in [6, 6.07) is 4.51. The number of nitrogens with one attached hydrogen (secondary N) is 1. The molecule has 0 aliphatic carbocycles. The first kappa shape index (κ1) is 12.4. The highest BCUT2D eigenvalue weighted by Gasteiger charge is 2.34. The third kappa shape index (κ3) is 2.63. The average molecular weight is 243 g/mol. The van der Waals surface area contributed by atoms with E-state index in [2.05, 4.69) is 12.2 Å². The van der Waals surface area contributed by atoms with Crippen molar-refractivity contribution in [3.05, 3.63) is 34.9 Å². The zero-order chi connectivity index (χ0) is 12.5. The summed E-state index contributed by atoms with van der Waals surface area (Å²) < 4.78 is 38.6. The second-order valence-corrected chi connectivity index (χ2v) is 4.55. The van der Waals surface area contributed by atoms with Crippen molar-refractivity contribution in [1.82, 2.24) is 5.32 Å². The minimum atomic E-state index is -4.25. The van der Waals surface area contributed by atoms with Crippen LogP contribution >= 0.6 is 0 Å². The van der Waals surface area contributed by atoms with Gasteiger partial charge in [0, 0.05) is 6.54 Å². The molecule has 0 spiro atoms. The summed E-state index contributed by atoms with van der Waals surface area (Å²) in [5, 5.41) is 3.12. The van der Waals surface area contributed by atoms with Crippen LogP contribution < -0.4 is 5.32 Å². The molecule has 1 aliphatic rings. The van der Waals surface area contributed by atoms with Gasteiger partial charge in [0.2, 0.25) is 0 Å². The summed E-state index contributed by atoms with van der Waals surface area (Å²) in [5.74, 6) is 0.430. The standard InChI is InChI=1S/C13H16F3N/c1-2-9-6-10-4-3-5-12(13(14,15)16)11(10)8-17-7-9/h3-5,9,17H,2,6-8H2,1H3/t9-/m0/s1. The first-order chi connectivity index (χ1) is 8.02. The van der Waals surface area contributed by atoms with Crippen LogP contribution in [0, 0.1) is 5.92 Å². The van der Waals surface area contributed by atoms with E-state index in [9.17, 15) is 13.2 Å². The number of benzene rings is 1. The summed E-state index contributed by atoms with van der Waals surface area (Å²) in [7, 11) is 0. The predicted molar refractivity (Wildman–Crippen MR) is 60.6 cm³/mol. The normalized spacial score (nSPS) is 20.8. The lowest BCUT2D eigenvalue weighted by molar-refractivity contribution is -0.138. The number of halogens is 3. The fourth-order valence-corrected chi connectivity index (χ4v) is 2.37. The molecule has 0 radical (unpaired) electrons. The maximum absolute atomic E-state index is 12.9. The maximum Gasteiger partial charge on any atom is 0.416 e. The van der Waals surface area contributed by atoms with Gasteiger partial charge in [0.25, 0.3) is 0 Å². The van der Waals surface area contributed by atoms with E-state index in [4.69, 9.17) is 0 Å². The topological polar surface area (TPSA) is 12.0 Å². The molecule has 1 atom stereocenters. The van der Waals surface area contributed by atoms with Gasteiger partial charge in [-0.1, -0.05) is 25.5 Å². The van der Waals surface area contributed by atoms with Crippen LogP contribution in [0.15, 0.2) is 18.2 Å². The van der Waals surface area contributed by atoms with Crippen LogP contribution in [-0.4, -0.2) is 6.54 Å². The van der Waals surface area contributed by atoms with Crippen LogP contribution in [-0.2, 0) is 19.1 Å². The lowest BCUT2D eigenvalue weighted by atomic mass is 9.93. The smallest absolute Gasteiger partial charge is 0.312 e. The molecule has 1 aromatic carbocycles. The first-order valence-corrected chi connectivity index (χ1v) is 5.91. The molecule has 1 aromatic rings. The van der Waals surface area contributed by atoms with E-state index in [0.29, 0.717) is 18.0 Å². The van der Waals surface area contributed by atoms with Crippen molar-refractivity contribution < 1.29 is 13.2 Å². The Labute approximate surface area is 99.0 Å². The summed E-state index contributed by atoms with van der Waals surface area (Å²) in [4.78, 5) is 0. The quantitative estimate of drug-likeness (QED) is 0.797. The van der Waals surface area contributed by atoms with Gasteiger partial charge in [-0.25, -0.2) is 0 Å². The molecule has 94 valence electrons. The molecule has 17 heavy (non-hydrogen) atoms. The minimum Gasteiger partial charge on any atom is -0.312 e. The Balaban J connectivity index is 2.41. The molecule has 1 nitrogen and oxygen atoms in total. The van der Waals surface area contributed by atoms with E-state index < -0.39 is 11.7 Å². The molecule has 1 heterocycles. The third-order valence-corrected chi connectivity index (χ3v) is 3.40. The summed E-state index contributed by atoms with van der Waals surface area (Å²) >= 11 is 0. The highest BCUT2D eigenvalue weighted by Crippen LogP contribution is 2.34. The molecule has 1 N–H and O–H groups in total. The molecule has 4 heteroatoms. The second-order valence-electron chi connectivity index (χ2n) is 4.55. The first-order valence-electron chi connectivity index (χ1n) is 5.91. The van der Waals surface area contributed by atoms with Crippen LogP contribution in [0.2, 0.25) is 0 Å². The fraction of sp³-hybridized carbons (Fsp3) is 0.538. The molecule has 1 aliphatic heterocycles. The monoisotopic (exact) mass is 243 g/mol. The second kappa shape index (κ2) is 4.69. The molecule has 0 aromatic heterocycles. The Bertz CT molecular complexity index is 398. The highest BCUT2D eigenvalue weighted by molar-refractivity contribution is 5.38. The maximum atomic E-state index is 12.9. The lowest BCUT2D eigenvalue weighted by Crippen LogP contribution is -2.20. The molecule has 0 fully saturated rings. The van der Waals surface area contributed by atoms with Crippen molar-refractivity contribution >= 4 is 0 Å². The van der Waals surface area contributed by atoms with Gasteiger partial charge in [0.05, 0.1) is 5.56 Å². The van der Waals surface area contributed by atoms with Gasteiger partial charge in [0.15, 0.2) is 0 Å². The van der Waals surface area contributed by atoms with Crippen LogP contribution in [0.4, 0.5) is 13.2 Å². The van der Waals surface area contributed by atoms with E-state index in [1.807, 2.05) is 6.07 Å². The largest absolute Gasteiger partial charge is 0.416 e. The van der Waals surface area contributed by atoms with Crippen molar-refractivity contribution in [3.8, 4) is 0 Å². The minimum absolute atomic E-state index is 0.321. The van der Waals surface area contributed by atoms with E-state index >= 15 is 0 Å². The lowest BCUT2D eigenvalue weighted by Gasteiger charge is -2.15. The Hall–Kier alpha value is -1.03. The summed E-state index contributed by atoms with van der Waals surface area (Å²) in [6.45, 7) is 3.19. The predicted octanol–water partition coefficient (Wildman–Crippen LogP) is 3.38. The van der Waals surface area contributed by atoms with Gasteiger partial charge in [-0.15, -0.1) is 0 Å². The average Bonchev–Trinajstić information content (AvgIpc) is 2.48. The molecule has 0 amide bonds. The van der Waals surface area contributed by atoms with Crippen LogP contribution in [0.1, 0.15) is 30.0 Å². The van der Waals surface area contributed by atoms with Crippen molar-refractivity contribution in [1.29, 1.82) is 0 Å². The van der Waals surface area contributed by atoms with Crippen LogP contribution in [0.3, 0.4) is 0 Å². The summed E-state index contributed by atoms with van der Waals surface area (Å²) in [5.41, 5.74) is 0.784. The number of rotatable bonds is 1. The fourth-order valence-electron chi connectivity index (χ4n) is 2.37. The molecule has 0 bridgehead atoms. The van der Waals surface area contributed by atoms with Crippen molar-refractivity contribution in [3.63, 3.8) is 0 Å². The van der Waals surface area contributed by atoms with Crippen molar-refractivity contribution in [2.24, 2.45) is 5.92 Å².